The maximum atomic E-state index is 6.57. The molecule has 0 spiro atoms. The number of hydrogen-bond acceptors (Lipinski definition) is 5. The number of benzene rings is 1. The van der Waals surface area contributed by atoms with E-state index >= 15 is 0 Å². The molecule has 2 aliphatic heterocycles. The molecule has 0 radical (unpaired) electrons. The molecule has 0 saturated carbocycles. The molecular formula is C20H32O5Si. The van der Waals surface area contributed by atoms with Gasteiger partial charge in [0.2, 0.25) is 0 Å². The molecule has 5 atom stereocenters. The zero-order chi connectivity index (χ0) is 19.1. The molecule has 1 aromatic carbocycles. The van der Waals surface area contributed by atoms with Crippen LogP contribution in [0.15, 0.2) is 24.3 Å². The van der Waals surface area contributed by atoms with E-state index in [4.69, 9.17) is 23.4 Å². The summed E-state index contributed by atoms with van der Waals surface area (Å²) in [6.45, 7) is 13.8. The number of fused-ring (bicyclic) bond motifs is 1. The Balaban J connectivity index is 1.55. The van der Waals surface area contributed by atoms with Gasteiger partial charge < -0.3 is 23.4 Å². The molecule has 0 N–H and O–H groups in total. The minimum atomic E-state index is -1.86. The van der Waals surface area contributed by atoms with E-state index in [1.54, 1.807) is 7.11 Å². The predicted molar refractivity (Wildman–Crippen MR) is 103 cm³/mol. The van der Waals surface area contributed by atoms with Gasteiger partial charge in [-0.1, -0.05) is 32.9 Å². The van der Waals surface area contributed by atoms with E-state index in [2.05, 4.69) is 40.8 Å². The Morgan fingerprint density at radius 2 is 1.69 bits per heavy atom. The van der Waals surface area contributed by atoms with Gasteiger partial charge in [-0.2, -0.15) is 0 Å². The molecule has 5 nitrogen and oxygen atoms in total. The highest BCUT2D eigenvalue weighted by molar-refractivity contribution is 6.74. The van der Waals surface area contributed by atoms with Crippen molar-refractivity contribution in [2.24, 2.45) is 0 Å². The lowest BCUT2D eigenvalue weighted by atomic mass is 10.1. The highest BCUT2D eigenvalue weighted by Gasteiger charge is 2.59. The Bertz CT molecular complexity index is 608. The average molecular weight is 381 g/mol. The van der Waals surface area contributed by atoms with Crippen LogP contribution in [0.4, 0.5) is 0 Å². The first-order valence-electron chi connectivity index (χ1n) is 9.35. The van der Waals surface area contributed by atoms with Gasteiger partial charge in [-0.05, 0) is 42.8 Å². The summed E-state index contributed by atoms with van der Waals surface area (Å²) in [5, 5.41) is 0.165. The summed E-state index contributed by atoms with van der Waals surface area (Å²) in [5.74, 6) is 0.840. The number of rotatable bonds is 6. The van der Waals surface area contributed by atoms with Crippen molar-refractivity contribution >= 4 is 8.32 Å². The van der Waals surface area contributed by atoms with E-state index < -0.39 is 8.32 Å². The fourth-order valence-electron chi connectivity index (χ4n) is 2.97. The monoisotopic (exact) mass is 380 g/mol. The molecule has 0 amide bonds. The third-order valence-electron chi connectivity index (χ3n) is 5.78. The molecule has 26 heavy (non-hydrogen) atoms. The lowest BCUT2D eigenvalue weighted by Gasteiger charge is -2.42. The molecule has 1 unspecified atom stereocenters. The Hall–Kier alpha value is -0.923. The SMILES string of the molecule is COc1ccc(CO[C@H]2O[C@H](C)[C@@H](O[Si](C)(C)C(C)(C)C)[C@H]3OC23)cc1. The molecule has 2 saturated heterocycles. The first-order chi connectivity index (χ1) is 12.1. The average Bonchev–Trinajstić information content (AvgIpc) is 3.36. The van der Waals surface area contributed by atoms with Crippen molar-refractivity contribution in [3.05, 3.63) is 29.8 Å². The smallest absolute Gasteiger partial charge is 0.192 e. The standard InChI is InChI=1S/C20H32O5Si/c1-13-16(25-26(6,7)20(2,3)4)17-18(24-17)19(23-13)22-12-14-8-10-15(21-5)11-9-14/h8-11,13,16-19H,12H2,1-7H3/t13-,16-,17-,18?,19+/m1/s1. The topological polar surface area (TPSA) is 49.5 Å². The third kappa shape index (κ3) is 4.15. The summed E-state index contributed by atoms with van der Waals surface area (Å²) < 4.78 is 29.7. The second-order valence-corrected chi connectivity index (χ2v) is 13.5. The van der Waals surface area contributed by atoms with Gasteiger partial charge in [-0.25, -0.2) is 0 Å². The van der Waals surface area contributed by atoms with Crippen LogP contribution in [0.5, 0.6) is 5.75 Å². The van der Waals surface area contributed by atoms with Crippen molar-refractivity contribution < 1.29 is 23.4 Å². The molecule has 0 bridgehead atoms. The molecule has 2 aliphatic rings. The van der Waals surface area contributed by atoms with Crippen LogP contribution in [0.25, 0.3) is 0 Å². The van der Waals surface area contributed by atoms with Crippen molar-refractivity contribution in [2.45, 2.75) is 83.1 Å². The quantitative estimate of drug-likeness (QED) is 0.549. The summed E-state index contributed by atoms with van der Waals surface area (Å²) in [4.78, 5) is 0. The van der Waals surface area contributed by atoms with Gasteiger partial charge in [0.15, 0.2) is 14.6 Å². The van der Waals surface area contributed by atoms with Gasteiger partial charge in [-0.3, -0.25) is 0 Å². The fourth-order valence-corrected chi connectivity index (χ4v) is 4.33. The molecule has 6 heteroatoms. The summed E-state index contributed by atoms with van der Waals surface area (Å²) >= 11 is 0. The summed E-state index contributed by atoms with van der Waals surface area (Å²) in [5.41, 5.74) is 1.08. The summed E-state index contributed by atoms with van der Waals surface area (Å²) in [6.07, 6.45) is -0.347. The maximum Gasteiger partial charge on any atom is 0.192 e. The lowest BCUT2D eigenvalue weighted by molar-refractivity contribution is -0.208. The van der Waals surface area contributed by atoms with E-state index in [-0.39, 0.29) is 35.7 Å². The Labute approximate surface area is 158 Å². The van der Waals surface area contributed by atoms with Crippen molar-refractivity contribution in [1.29, 1.82) is 0 Å². The molecule has 2 heterocycles. The van der Waals surface area contributed by atoms with Crippen LogP contribution in [0.1, 0.15) is 33.3 Å². The Morgan fingerprint density at radius 1 is 1.04 bits per heavy atom. The molecular weight excluding hydrogens is 348 g/mol. The first kappa shape index (κ1) is 19.8. The van der Waals surface area contributed by atoms with Crippen LogP contribution >= 0.6 is 0 Å². The molecule has 0 aromatic heterocycles. The van der Waals surface area contributed by atoms with Gasteiger partial charge in [-0.15, -0.1) is 0 Å². The van der Waals surface area contributed by atoms with Crippen molar-refractivity contribution in [3.8, 4) is 5.75 Å². The number of methoxy groups -OCH3 is 1. The zero-order valence-corrected chi connectivity index (χ0v) is 17.9. The van der Waals surface area contributed by atoms with Crippen LogP contribution in [-0.4, -0.2) is 46.1 Å². The van der Waals surface area contributed by atoms with E-state index in [1.807, 2.05) is 24.3 Å². The fraction of sp³-hybridized carbons (Fsp3) is 0.700. The normalized spacial score (nSPS) is 31.4. The van der Waals surface area contributed by atoms with Crippen LogP contribution in [-0.2, 0) is 25.2 Å². The van der Waals surface area contributed by atoms with Crippen LogP contribution in [0, 0.1) is 0 Å². The number of hydrogen-bond donors (Lipinski definition) is 0. The number of ether oxygens (including phenoxy) is 4. The first-order valence-corrected chi connectivity index (χ1v) is 12.3. The molecule has 1 aromatic rings. The summed E-state index contributed by atoms with van der Waals surface area (Å²) in [7, 11) is -0.202. The van der Waals surface area contributed by atoms with Crippen molar-refractivity contribution in [2.75, 3.05) is 7.11 Å². The van der Waals surface area contributed by atoms with E-state index in [0.717, 1.165) is 11.3 Å². The van der Waals surface area contributed by atoms with Crippen LogP contribution < -0.4 is 4.74 Å². The Morgan fingerprint density at radius 3 is 2.27 bits per heavy atom. The van der Waals surface area contributed by atoms with Crippen LogP contribution in [0.3, 0.4) is 0 Å². The van der Waals surface area contributed by atoms with E-state index in [1.165, 1.54) is 0 Å². The second-order valence-electron chi connectivity index (χ2n) is 8.78. The van der Waals surface area contributed by atoms with Gasteiger partial charge in [0.05, 0.1) is 25.9 Å². The summed E-state index contributed by atoms with van der Waals surface area (Å²) in [6, 6.07) is 7.87. The van der Waals surface area contributed by atoms with Gasteiger partial charge in [0.25, 0.3) is 0 Å². The highest BCUT2D eigenvalue weighted by Crippen LogP contribution is 2.44. The molecule has 146 valence electrons. The largest absolute Gasteiger partial charge is 0.497 e. The van der Waals surface area contributed by atoms with Crippen molar-refractivity contribution in [3.63, 3.8) is 0 Å². The van der Waals surface area contributed by atoms with Gasteiger partial charge in [0, 0.05) is 0 Å². The molecule has 2 fully saturated rings. The number of epoxide rings is 1. The minimum absolute atomic E-state index is 0.0123. The van der Waals surface area contributed by atoms with Gasteiger partial charge in [0.1, 0.15) is 18.0 Å². The molecule has 0 aliphatic carbocycles. The third-order valence-corrected chi connectivity index (χ3v) is 10.2. The highest BCUT2D eigenvalue weighted by atomic mass is 28.4. The lowest BCUT2D eigenvalue weighted by Crippen LogP contribution is -2.53. The van der Waals surface area contributed by atoms with Gasteiger partial charge >= 0.3 is 0 Å². The second kappa shape index (κ2) is 7.24. The van der Waals surface area contributed by atoms with Crippen molar-refractivity contribution in [1.82, 2.24) is 0 Å². The molecule has 3 rings (SSSR count). The van der Waals surface area contributed by atoms with E-state index in [9.17, 15) is 0 Å². The Kier molecular flexibility index (Phi) is 5.52. The maximum absolute atomic E-state index is 6.57. The zero-order valence-electron chi connectivity index (χ0n) is 16.9. The van der Waals surface area contributed by atoms with Crippen LogP contribution in [0.2, 0.25) is 18.1 Å². The predicted octanol–water partition coefficient (Wildman–Crippen LogP) is 4.11. The minimum Gasteiger partial charge on any atom is -0.497 e. The van der Waals surface area contributed by atoms with E-state index in [0.29, 0.717) is 6.61 Å².